The van der Waals surface area contributed by atoms with Crippen LogP contribution in [0.15, 0.2) is 212 Å². The van der Waals surface area contributed by atoms with E-state index in [4.69, 9.17) is 19.7 Å². The maximum atomic E-state index is 7.25. The summed E-state index contributed by atoms with van der Waals surface area (Å²) in [6, 6.07) is 72.2. The molecular formula is C57H38N4O. The molecule has 62 heavy (non-hydrogen) atoms. The van der Waals surface area contributed by atoms with Gasteiger partial charge in [0, 0.05) is 39.2 Å². The third-order valence-electron chi connectivity index (χ3n) is 12.2. The van der Waals surface area contributed by atoms with Gasteiger partial charge in [0.1, 0.15) is 11.9 Å². The summed E-state index contributed by atoms with van der Waals surface area (Å²) in [7, 11) is 0. The van der Waals surface area contributed by atoms with Crippen LogP contribution in [-0.4, -0.2) is 19.5 Å². The third kappa shape index (κ3) is 6.13. The molecule has 2 aromatic heterocycles. The van der Waals surface area contributed by atoms with E-state index in [9.17, 15) is 0 Å². The Balaban J connectivity index is 0.990. The minimum atomic E-state index is -0.236. The minimum Gasteiger partial charge on any atom is -0.484 e. The molecule has 0 amide bonds. The molecule has 12 rings (SSSR count). The van der Waals surface area contributed by atoms with Gasteiger partial charge in [-0.25, -0.2) is 15.0 Å². The number of benzene rings is 8. The van der Waals surface area contributed by atoms with E-state index in [2.05, 4.69) is 211 Å². The standard InChI is InChI=1S/C57H38N4O/c1-4-16-37(17-5-1)40-22-12-25-43(34-40)55-58-56(44-26-13-23-41(35-44)38-18-6-2-7-19-38)60-57(59-55)49-30-15-29-46-47-32-33-51-52(54(47)62-53(46)49)48-28-10-11-31-50(48)61(51)45-27-14-24-42(36-45)39-20-8-3-9-21-39/h1-36,47,54H. The van der Waals surface area contributed by atoms with E-state index in [0.29, 0.717) is 17.5 Å². The fourth-order valence-electron chi connectivity index (χ4n) is 9.30. The van der Waals surface area contributed by atoms with Crippen molar-refractivity contribution < 1.29 is 4.74 Å². The Bertz CT molecular complexity index is 3240. The number of aromatic nitrogens is 4. The first-order chi connectivity index (χ1) is 30.7. The van der Waals surface area contributed by atoms with Crippen molar-refractivity contribution in [2.45, 2.75) is 12.0 Å². The molecule has 2 unspecified atom stereocenters. The van der Waals surface area contributed by atoms with Gasteiger partial charge in [0.2, 0.25) is 0 Å². The second-order valence-electron chi connectivity index (χ2n) is 15.9. The van der Waals surface area contributed by atoms with Crippen LogP contribution in [0.5, 0.6) is 5.75 Å². The number of rotatable bonds is 7. The lowest BCUT2D eigenvalue weighted by molar-refractivity contribution is 0.225. The lowest BCUT2D eigenvalue weighted by atomic mass is 9.85. The highest BCUT2D eigenvalue weighted by Gasteiger charge is 2.41. The van der Waals surface area contributed by atoms with Crippen LogP contribution in [0.3, 0.4) is 0 Å². The Kier molecular flexibility index (Phi) is 8.56. The molecule has 2 atom stereocenters. The molecule has 10 aromatic rings. The molecule has 0 fully saturated rings. The Labute approximate surface area is 360 Å². The quantitative estimate of drug-likeness (QED) is 0.161. The molecule has 8 aromatic carbocycles. The number of hydrogen-bond acceptors (Lipinski definition) is 4. The highest BCUT2D eigenvalue weighted by atomic mass is 16.5. The molecule has 1 aliphatic heterocycles. The van der Waals surface area contributed by atoms with Gasteiger partial charge in [-0.3, -0.25) is 0 Å². The predicted octanol–water partition coefficient (Wildman–Crippen LogP) is 14.1. The first kappa shape index (κ1) is 35.8. The van der Waals surface area contributed by atoms with Crippen molar-refractivity contribution in [2.24, 2.45) is 0 Å². The van der Waals surface area contributed by atoms with Crippen LogP contribution in [0.4, 0.5) is 0 Å². The van der Waals surface area contributed by atoms with Crippen molar-refractivity contribution in [3.8, 4) is 79.0 Å². The van der Waals surface area contributed by atoms with Gasteiger partial charge in [-0.2, -0.15) is 0 Å². The van der Waals surface area contributed by atoms with E-state index in [1.807, 2.05) is 12.1 Å². The summed E-state index contributed by atoms with van der Waals surface area (Å²) in [6.45, 7) is 0. The second kappa shape index (κ2) is 14.8. The molecule has 292 valence electrons. The van der Waals surface area contributed by atoms with Gasteiger partial charge in [0.15, 0.2) is 17.5 Å². The van der Waals surface area contributed by atoms with Crippen LogP contribution < -0.4 is 4.74 Å². The lowest BCUT2D eigenvalue weighted by Crippen LogP contribution is -2.13. The SMILES string of the molecule is C1=CC2c3cccc(-c4nc(-c5cccc(-c6ccccc6)c5)nc(-c5cccc(-c6ccccc6)c5)n4)c3OC2c2c1n(-c1cccc(-c3ccccc3)c1)c1ccccc21. The predicted molar refractivity (Wildman–Crippen MR) is 251 cm³/mol. The van der Waals surface area contributed by atoms with Crippen LogP contribution in [0.1, 0.15) is 28.8 Å². The first-order valence-electron chi connectivity index (χ1n) is 21.1. The summed E-state index contributed by atoms with van der Waals surface area (Å²) in [6.07, 6.45) is 4.36. The van der Waals surface area contributed by atoms with Crippen LogP contribution >= 0.6 is 0 Å². The van der Waals surface area contributed by atoms with Gasteiger partial charge < -0.3 is 9.30 Å². The molecule has 0 N–H and O–H groups in total. The number of fused-ring (bicyclic) bond motifs is 7. The van der Waals surface area contributed by atoms with Crippen molar-refractivity contribution in [3.63, 3.8) is 0 Å². The number of hydrogen-bond donors (Lipinski definition) is 0. The fourth-order valence-corrected chi connectivity index (χ4v) is 9.30. The van der Waals surface area contributed by atoms with Crippen LogP contribution in [0, 0.1) is 0 Å². The zero-order chi connectivity index (χ0) is 41.0. The monoisotopic (exact) mass is 794 g/mol. The van der Waals surface area contributed by atoms with E-state index >= 15 is 0 Å². The molecule has 5 heteroatoms. The zero-order valence-corrected chi connectivity index (χ0v) is 33.6. The number of ether oxygens (including phenoxy) is 1. The van der Waals surface area contributed by atoms with Crippen molar-refractivity contribution in [1.29, 1.82) is 0 Å². The summed E-state index contributed by atoms with van der Waals surface area (Å²) in [5, 5.41) is 1.18. The van der Waals surface area contributed by atoms with Gasteiger partial charge in [-0.15, -0.1) is 0 Å². The third-order valence-corrected chi connectivity index (χ3v) is 12.2. The highest BCUT2D eigenvalue weighted by molar-refractivity contribution is 5.92. The van der Waals surface area contributed by atoms with Crippen LogP contribution in [0.2, 0.25) is 0 Å². The zero-order valence-electron chi connectivity index (χ0n) is 33.6. The van der Waals surface area contributed by atoms with Gasteiger partial charge in [0.25, 0.3) is 0 Å². The average Bonchev–Trinajstić information content (AvgIpc) is 3.91. The molecular weight excluding hydrogens is 757 g/mol. The maximum Gasteiger partial charge on any atom is 0.167 e. The number of nitrogens with zero attached hydrogens (tertiary/aromatic N) is 4. The van der Waals surface area contributed by atoms with Gasteiger partial charge >= 0.3 is 0 Å². The summed E-state index contributed by atoms with van der Waals surface area (Å²) in [4.78, 5) is 15.7. The molecule has 1 aliphatic carbocycles. The lowest BCUT2D eigenvalue weighted by Gasteiger charge is -2.22. The Morgan fingerprint density at radius 1 is 0.419 bits per heavy atom. The van der Waals surface area contributed by atoms with Crippen molar-refractivity contribution >= 4 is 17.0 Å². The van der Waals surface area contributed by atoms with Crippen LogP contribution in [-0.2, 0) is 0 Å². The van der Waals surface area contributed by atoms with Gasteiger partial charge in [-0.1, -0.05) is 176 Å². The summed E-state index contributed by atoms with van der Waals surface area (Å²) >= 11 is 0. The highest BCUT2D eigenvalue weighted by Crippen LogP contribution is 2.55. The molecule has 0 spiro atoms. The van der Waals surface area contributed by atoms with Gasteiger partial charge in [-0.05, 0) is 75.9 Å². The molecule has 0 bridgehead atoms. The second-order valence-corrected chi connectivity index (χ2v) is 15.9. The average molecular weight is 795 g/mol. The van der Waals surface area contributed by atoms with Crippen molar-refractivity contribution in [2.75, 3.05) is 0 Å². The van der Waals surface area contributed by atoms with Crippen molar-refractivity contribution in [1.82, 2.24) is 19.5 Å². The largest absolute Gasteiger partial charge is 0.484 e. The minimum absolute atomic E-state index is 0.0123. The normalized spacial score (nSPS) is 14.8. The molecule has 5 nitrogen and oxygen atoms in total. The van der Waals surface area contributed by atoms with Crippen LogP contribution in [0.25, 0.3) is 90.2 Å². The smallest absolute Gasteiger partial charge is 0.167 e. The Morgan fingerprint density at radius 2 is 0.919 bits per heavy atom. The van der Waals surface area contributed by atoms with E-state index in [0.717, 1.165) is 67.2 Å². The Morgan fingerprint density at radius 3 is 1.55 bits per heavy atom. The molecule has 0 saturated carbocycles. The van der Waals surface area contributed by atoms with Crippen molar-refractivity contribution in [3.05, 3.63) is 229 Å². The summed E-state index contributed by atoms with van der Waals surface area (Å²) in [5.74, 6) is 2.59. The molecule has 2 aliphatic rings. The summed E-state index contributed by atoms with van der Waals surface area (Å²) < 4.78 is 9.64. The topological polar surface area (TPSA) is 52.8 Å². The maximum absolute atomic E-state index is 7.25. The molecule has 0 saturated heterocycles. The number of para-hydroxylation sites is 2. The van der Waals surface area contributed by atoms with E-state index in [-0.39, 0.29) is 12.0 Å². The fraction of sp³-hybridized carbons (Fsp3) is 0.0351. The Hall–Kier alpha value is -8.15. The molecule has 0 radical (unpaired) electrons. The summed E-state index contributed by atoms with van der Waals surface area (Å²) in [5.41, 5.74) is 15.2. The first-order valence-corrected chi connectivity index (χ1v) is 21.1. The van der Waals surface area contributed by atoms with E-state index in [1.54, 1.807) is 0 Å². The molecule has 3 heterocycles. The van der Waals surface area contributed by atoms with E-state index in [1.165, 1.54) is 22.1 Å². The van der Waals surface area contributed by atoms with Gasteiger partial charge in [0.05, 0.1) is 16.8 Å². The van der Waals surface area contributed by atoms with E-state index < -0.39 is 0 Å².